The van der Waals surface area contributed by atoms with Crippen LogP contribution in [0.4, 0.5) is 11.5 Å². The van der Waals surface area contributed by atoms with Gasteiger partial charge in [-0.3, -0.25) is 4.79 Å². The van der Waals surface area contributed by atoms with Crippen molar-refractivity contribution in [1.82, 2.24) is 9.97 Å². The Morgan fingerprint density at radius 1 is 0.972 bits per heavy atom. The first-order valence-corrected chi connectivity index (χ1v) is 12.7. The number of thiophene rings is 1. The number of methoxy groups -OCH3 is 1. The number of carbonyl (C=O) groups is 1. The summed E-state index contributed by atoms with van der Waals surface area (Å²) in [6, 6.07) is 19.5. The van der Waals surface area contributed by atoms with Crippen molar-refractivity contribution in [1.29, 1.82) is 0 Å². The molecule has 0 fully saturated rings. The van der Waals surface area contributed by atoms with E-state index >= 15 is 0 Å². The molecule has 2 aromatic heterocycles. The van der Waals surface area contributed by atoms with E-state index in [1.807, 2.05) is 48.5 Å². The molecular formula is C29H29N3O3S. The Kier molecular flexibility index (Phi) is 8.13. The average molecular weight is 500 g/mol. The molecule has 0 aliphatic carbocycles. The third-order valence-electron chi connectivity index (χ3n) is 5.76. The third kappa shape index (κ3) is 6.17. The molecular weight excluding hydrogens is 470 g/mol. The topological polar surface area (TPSA) is 84.3 Å². The summed E-state index contributed by atoms with van der Waals surface area (Å²) in [7, 11) is 1.66. The van der Waals surface area contributed by atoms with Crippen LogP contribution in [0.15, 0.2) is 60.7 Å². The maximum atomic E-state index is 11.0. The van der Waals surface area contributed by atoms with Crippen LogP contribution in [-0.4, -0.2) is 28.2 Å². The van der Waals surface area contributed by atoms with E-state index in [9.17, 15) is 4.79 Å². The standard InChI is InChI=1S/C29H29N3O3S/c1-4-24-25(5-2)31-29(32-28(24)30-21-11-6-20(7-12-21)18-27(33)34)26-17-16-23(36-26)15-10-19-8-13-22(35-3)14-9-19/h6-17H,4-5,18H2,1-3H3,(H,33,34)(H,30,31,32). The van der Waals surface area contributed by atoms with E-state index in [-0.39, 0.29) is 6.42 Å². The van der Waals surface area contributed by atoms with Crippen molar-refractivity contribution in [2.75, 3.05) is 12.4 Å². The highest BCUT2D eigenvalue weighted by Crippen LogP contribution is 2.31. The average Bonchev–Trinajstić information content (AvgIpc) is 3.37. The van der Waals surface area contributed by atoms with Crippen LogP contribution in [0.5, 0.6) is 5.75 Å². The van der Waals surface area contributed by atoms with E-state index < -0.39 is 5.97 Å². The minimum Gasteiger partial charge on any atom is -0.497 e. The maximum Gasteiger partial charge on any atom is 0.307 e. The van der Waals surface area contributed by atoms with Gasteiger partial charge in [-0.1, -0.05) is 44.2 Å². The van der Waals surface area contributed by atoms with Gasteiger partial charge in [0.25, 0.3) is 0 Å². The van der Waals surface area contributed by atoms with E-state index in [2.05, 4.69) is 43.4 Å². The lowest BCUT2D eigenvalue weighted by atomic mass is 10.1. The maximum absolute atomic E-state index is 11.0. The van der Waals surface area contributed by atoms with E-state index in [4.69, 9.17) is 19.8 Å². The van der Waals surface area contributed by atoms with E-state index in [1.54, 1.807) is 18.4 Å². The summed E-state index contributed by atoms with van der Waals surface area (Å²) >= 11 is 1.65. The van der Waals surface area contributed by atoms with Gasteiger partial charge < -0.3 is 15.2 Å². The van der Waals surface area contributed by atoms with E-state index in [1.165, 1.54) is 0 Å². The molecule has 36 heavy (non-hydrogen) atoms. The molecule has 2 heterocycles. The van der Waals surface area contributed by atoms with E-state index in [0.717, 1.165) is 62.2 Å². The lowest BCUT2D eigenvalue weighted by Crippen LogP contribution is -2.07. The number of hydrogen-bond acceptors (Lipinski definition) is 6. The van der Waals surface area contributed by atoms with Crippen molar-refractivity contribution < 1.29 is 14.6 Å². The number of aliphatic carboxylic acids is 1. The first-order chi connectivity index (χ1) is 17.5. The van der Waals surface area contributed by atoms with Gasteiger partial charge in [-0.2, -0.15) is 0 Å². The second-order valence-corrected chi connectivity index (χ2v) is 9.34. The Morgan fingerprint density at radius 3 is 2.36 bits per heavy atom. The zero-order valence-corrected chi connectivity index (χ0v) is 21.4. The zero-order valence-electron chi connectivity index (χ0n) is 20.6. The van der Waals surface area contributed by atoms with Crippen molar-refractivity contribution in [2.45, 2.75) is 33.1 Å². The molecule has 7 heteroatoms. The molecule has 0 spiro atoms. The van der Waals surface area contributed by atoms with Gasteiger partial charge in [0.2, 0.25) is 0 Å². The smallest absolute Gasteiger partial charge is 0.307 e. The summed E-state index contributed by atoms with van der Waals surface area (Å²) in [5, 5.41) is 12.4. The molecule has 0 radical (unpaired) electrons. The summed E-state index contributed by atoms with van der Waals surface area (Å²) in [6.07, 6.45) is 5.79. The van der Waals surface area contributed by atoms with Gasteiger partial charge in [0.1, 0.15) is 11.6 Å². The van der Waals surface area contributed by atoms with Crippen LogP contribution < -0.4 is 10.1 Å². The number of anilines is 2. The first-order valence-electron chi connectivity index (χ1n) is 11.9. The fourth-order valence-corrected chi connectivity index (χ4v) is 4.73. The van der Waals surface area contributed by atoms with Crippen LogP contribution in [0, 0.1) is 0 Å². The highest BCUT2D eigenvalue weighted by atomic mass is 32.1. The lowest BCUT2D eigenvalue weighted by Gasteiger charge is -2.15. The Bertz CT molecular complexity index is 1360. The van der Waals surface area contributed by atoms with Gasteiger partial charge in [0.15, 0.2) is 5.82 Å². The van der Waals surface area contributed by atoms with Crippen LogP contribution in [0.1, 0.15) is 41.1 Å². The Labute approximate surface area is 215 Å². The molecule has 0 aliphatic heterocycles. The molecule has 2 N–H and O–H groups in total. The molecule has 0 bridgehead atoms. The first kappa shape index (κ1) is 25.1. The van der Waals surface area contributed by atoms with Crippen LogP contribution in [0.3, 0.4) is 0 Å². The number of hydrogen-bond donors (Lipinski definition) is 2. The predicted octanol–water partition coefficient (Wildman–Crippen LogP) is 6.88. The van der Waals surface area contributed by atoms with Gasteiger partial charge in [-0.15, -0.1) is 11.3 Å². The van der Waals surface area contributed by atoms with Crippen molar-refractivity contribution in [3.8, 4) is 16.5 Å². The third-order valence-corrected chi connectivity index (χ3v) is 6.80. The lowest BCUT2D eigenvalue weighted by molar-refractivity contribution is -0.136. The largest absolute Gasteiger partial charge is 0.497 e. The number of aryl methyl sites for hydroxylation is 1. The van der Waals surface area contributed by atoms with Crippen LogP contribution in [0.25, 0.3) is 22.9 Å². The molecule has 2 aromatic carbocycles. The van der Waals surface area contributed by atoms with Crippen LogP contribution in [-0.2, 0) is 24.1 Å². The summed E-state index contributed by atoms with van der Waals surface area (Å²) in [5.74, 6) is 1.48. The van der Waals surface area contributed by atoms with Crippen molar-refractivity contribution >= 4 is 41.0 Å². The number of nitrogens with one attached hydrogen (secondary N) is 1. The van der Waals surface area contributed by atoms with Crippen LogP contribution in [0.2, 0.25) is 0 Å². The fraction of sp³-hybridized carbons (Fsp3) is 0.207. The number of benzene rings is 2. The van der Waals surface area contributed by atoms with Gasteiger partial charge in [-0.05, 0) is 66.4 Å². The Hall–Kier alpha value is -3.97. The molecule has 0 unspecified atom stereocenters. The molecule has 0 saturated heterocycles. The monoisotopic (exact) mass is 499 g/mol. The molecule has 0 aliphatic rings. The molecule has 4 rings (SSSR count). The molecule has 0 saturated carbocycles. The number of aromatic nitrogens is 2. The number of ether oxygens (including phenoxy) is 1. The predicted molar refractivity (Wildman–Crippen MR) is 147 cm³/mol. The zero-order chi connectivity index (χ0) is 25.5. The van der Waals surface area contributed by atoms with Gasteiger partial charge >= 0.3 is 5.97 Å². The fourth-order valence-electron chi connectivity index (χ4n) is 3.88. The normalized spacial score (nSPS) is 11.1. The minimum absolute atomic E-state index is 0.00570. The minimum atomic E-state index is -0.842. The van der Waals surface area contributed by atoms with Gasteiger partial charge in [0, 0.05) is 21.8 Å². The molecule has 4 aromatic rings. The number of carboxylic acid groups (broad SMARTS) is 1. The number of nitrogens with zero attached hydrogens (tertiary/aromatic N) is 2. The second-order valence-electron chi connectivity index (χ2n) is 8.23. The number of carboxylic acids is 1. The van der Waals surface area contributed by atoms with Crippen molar-refractivity contribution in [3.05, 3.63) is 87.9 Å². The van der Waals surface area contributed by atoms with Gasteiger partial charge in [0.05, 0.1) is 18.4 Å². The molecule has 0 atom stereocenters. The van der Waals surface area contributed by atoms with Crippen molar-refractivity contribution in [3.63, 3.8) is 0 Å². The SMILES string of the molecule is CCc1nc(-c2ccc(C=Cc3ccc(OC)cc3)s2)nc(Nc2ccc(CC(=O)O)cc2)c1CC. The van der Waals surface area contributed by atoms with E-state index in [0.29, 0.717) is 5.82 Å². The summed E-state index contributed by atoms with van der Waals surface area (Å²) in [6.45, 7) is 4.21. The highest BCUT2D eigenvalue weighted by molar-refractivity contribution is 7.16. The quantitative estimate of drug-likeness (QED) is 0.247. The molecule has 6 nitrogen and oxygen atoms in total. The summed E-state index contributed by atoms with van der Waals surface area (Å²) in [5.41, 5.74) is 4.83. The van der Waals surface area contributed by atoms with Gasteiger partial charge in [-0.25, -0.2) is 9.97 Å². The summed E-state index contributed by atoms with van der Waals surface area (Å²) < 4.78 is 5.22. The van der Waals surface area contributed by atoms with Crippen molar-refractivity contribution in [2.24, 2.45) is 0 Å². The van der Waals surface area contributed by atoms with Crippen LogP contribution >= 0.6 is 11.3 Å². The Balaban J connectivity index is 1.59. The summed E-state index contributed by atoms with van der Waals surface area (Å²) in [4.78, 5) is 22.9. The Morgan fingerprint density at radius 2 is 1.72 bits per heavy atom. The highest BCUT2D eigenvalue weighted by Gasteiger charge is 2.15. The second kappa shape index (κ2) is 11.6. The molecule has 184 valence electrons. The number of rotatable bonds is 10. The molecule has 0 amide bonds.